The van der Waals surface area contributed by atoms with Gasteiger partial charge in [0.05, 0.1) is 0 Å². The van der Waals surface area contributed by atoms with Crippen LogP contribution in [0.25, 0.3) is 0 Å². The molecule has 2 aliphatic rings. The zero-order valence-electron chi connectivity index (χ0n) is 9.74. The van der Waals surface area contributed by atoms with Gasteiger partial charge in [-0.1, -0.05) is 0 Å². The van der Waals surface area contributed by atoms with Gasteiger partial charge in [-0.3, -0.25) is 4.90 Å². The Morgan fingerprint density at radius 1 is 1.14 bits per heavy atom. The maximum atomic E-state index is 2.74. The number of nitrogens with zero attached hydrogens (tertiary/aromatic N) is 3. The molecule has 2 fully saturated rings. The molecule has 3 nitrogen and oxygen atoms in total. The number of fused-ring (bicyclic) bond motifs is 2. The van der Waals surface area contributed by atoms with E-state index in [1.807, 2.05) is 0 Å². The van der Waals surface area contributed by atoms with E-state index in [1.165, 1.54) is 39.0 Å². The van der Waals surface area contributed by atoms with Gasteiger partial charge in [0, 0.05) is 38.3 Å². The van der Waals surface area contributed by atoms with Crippen molar-refractivity contribution in [2.24, 2.45) is 0 Å². The molecule has 2 aliphatic heterocycles. The summed E-state index contributed by atoms with van der Waals surface area (Å²) in [7, 11) is 6.59. The highest BCUT2D eigenvalue weighted by atomic mass is 15.3. The van der Waals surface area contributed by atoms with Crippen LogP contribution in [0.4, 0.5) is 0 Å². The van der Waals surface area contributed by atoms with E-state index in [-0.39, 0.29) is 0 Å². The van der Waals surface area contributed by atoms with E-state index in [0.717, 1.165) is 12.1 Å². The van der Waals surface area contributed by atoms with Crippen LogP contribution in [0, 0.1) is 0 Å². The smallest absolute Gasteiger partial charge is 0.0227 e. The van der Waals surface area contributed by atoms with Crippen LogP contribution in [0.3, 0.4) is 0 Å². The topological polar surface area (TPSA) is 9.72 Å². The third kappa shape index (κ3) is 2.10. The highest BCUT2D eigenvalue weighted by Crippen LogP contribution is 2.28. The number of likely N-dealkylation sites (tertiary alicyclic amines) is 1. The summed E-state index contributed by atoms with van der Waals surface area (Å²) in [6.45, 7) is 5.03. The Morgan fingerprint density at radius 2 is 1.71 bits per heavy atom. The molecular formula is C11H23N3. The van der Waals surface area contributed by atoms with Crippen molar-refractivity contribution in [3.05, 3.63) is 0 Å². The predicted octanol–water partition coefficient (Wildman–Crippen LogP) is 0.326. The molecule has 0 spiro atoms. The highest BCUT2D eigenvalue weighted by molar-refractivity contribution is 4.94. The van der Waals surface area contributed by atoms with Crippen molar-refractivity contribution < 1.29 is 0 Å². The van der Waals surface area contributed by atoms with E-state index in [4.69, 9.17) is 0 Å². The number of likely N-dealkylation sites (N-methyl/N-ethyl adjacent to an activating group) is 2. The first-order valence-electron chi connectivity index (χ1n) is 5.76. The van der Waals surface area contributed by atoms with Gasteiger partial charge in [-0.25, -0.2) is 0 Å². The first kappa shape index (κ1) is 10.4. The van der Waals surface area contributed by atoms with Gasteiger partial charge in [0.15, 0.2) is 0 Å². The van der Waals surface area contributed by atoms with Gasteiger partial charge in [0.2, 0.25) is 0 Å². The molecule has 2 heterocycles. The molecule has 2 rings (SSSR count). The van der Waals surface area contributed by atoms with Crippen LogP contribution < -0.4 is 0 Å². The van der Waals surface area contributed by atoms with E-state index in [0.29, 0.717) is 0 Å². The summed E-state index contributed by atoms with van der Waals surface area (Å²) in [6.07, 6.45) is 2.84. The molecule has 3 heteroatoms. The van der Waals surface area contributed by atoms with E-state index >= 15 is 0 Å². The Balaban J connectivity index is 1.88. The van der Waals surface area contributed by atoms with Crippen LogP contribution in [-0.2, 0) is 0 Å². The second-order valence-electron chi connectivity index (χ2n) is 5.15. The van der Waals surface area contributed by atoms with Gasteiger partial charge in [-0.15, -0.1) is 0 Å². The Bertz CT molecular complexity index is 179. The summed E-state index contributed by atoms with van der Waals surface area (Å²) < 4.78 is 0. The zero-order valence-corrected chi connectivity index (χ0v) is 9.74. The van der Waals surface area contributed by atoms with E-state index in [2.05, 4.69) is 35.8 Å². The first-order valence-corrected chi connectivity index (χ1v) is 5.76. The standard InChI is InChI=1S/C11H23N3/c1-12(2)6-7-14-10-4-5-11(14)9-13(3)8-10/h10-11H,4-9H2,1-3H3. The molecule has 0 aromatic rings. The lowest BCUT2D eigenvalue weighted by atomic mass is 10.2. The molecule has 0 amide bonds. The van der Waals surface area contributed by atoms with Crippen molar-refractivity contribution in [2.45, 2.75) is 24.9 Å². The van der Waals surface area contributed by atoms with Crippen molar-refractivity contribution in [2.75, 3.05) is 47.3 Å². The highest BCUT2D eigenvalue weighted by Gasteiger charge is 2.37. The summed E-state index contributed by atoms with van der Waals surface area (Å²) >= 11 is 0. The lowest BCUT2D eigenvalue weighted by Gasteiger charge is -2.39. The second kappa shape index (κ2) is 4.17. The fourth-order valence-electron chi connectivity index (χ4n) is 2.88. The lowest BCUT2D eigenvalue weighted by Crippen LogP contribution is -2.53. The van der Waals surface area contributed by atoms with Crippen molar-refractivity contribution in [3.8, 4) is 0 Å². The largest absolute Gasteiger partial charge is 0.308 e. The number of rotatable bonds is 3. The molecule has 2 bridgehead atoms. The summed E-state index contributed by atoms with van der Waals surface area (Å²) in [5.41, 5.74) is 0. The molecule has 0 aliphatic carbocycles. The molecule has 14 heavy (non-hydrogen) atoms. The predicted molar refractivity (Wildman–Crippen MR) is 59.6 cm³/mol. The number of piperazine rings is 1. The van der Waals surface area contributed by atoms with Gasteiger partial charge in [-0.2, -0.15) is 0 Å². The molecule has 2 unspecified atom stereocenters. The van der Waals surface area contributed by atoms with Crippen LogP contribution >= 0.6 is 0 Å². The normalized spacial score (nSPS) is 34.3. The molecule has 0 radical (unpaired) electrons. The third-order valence-corrected chi connectivity index (χ3v) is 3.62. The van der Waals surface area contributed by atoms with Crippen LogP contribution in [0.15, 0.2) is 0 Å². The Morgan fingerprint density at radius 3 is 2.21 bits per heavy atom. The molecule has 2 atom stereocenters. The molecule has 2 saturated heterocycles. The first-order chi connectivity index (χ1) is 6.66. The molecule has 82 valence electrons. The summed E-state index contributed by atoms with van der Waals surface area (Å²) in [6, 6.07) is 1.69. The molecule has 0 saturated carbocycles. The Hall–Kier alpha value is -0.120. The maximum absolute atomic E-state index is 2.74. The van der Waals surface area contributed by atoms with Gasteiger partial charge in [-0.05, 0) is 34.0 Å². The third-order valence-electron chi connectivity index (χ3n) is 3.62. The molecular weight excluding hydrogens is 174 g/mol. The van der Waals surface area contributed by atoms with Crippen LogP contribution in [0.5, 0.6) is 0 Å². The Labute approximate surface area is 87.7 Å². The molecule has 0 aromatic heterocycles. The fourth-order valence-corrected chi connectivity index (χ4v) is 2.88. The Kier molecular flexibility index (Phi) is 3.10. The van der Waals surface area contributed by atoms with Crippen molar-refractivity contribution in [3.63, 3.8) is 0 Å². The van der Waals surface area contributed by atoms with E-state index in [1.54, 1.807) is 0 Å². The average Bonchev–Trinajstić information content (AvgIpc) is 2.34. The van der Waals surface area contributed by atoms with E-state index in [9.17, 15) is 0 Å². The second-order valence-corrected chi connectivity index (χ2v) is 5.15. The minimum atomic E-state index is 0.846. The lowest BCUT2D eigenvalue weighted by molar-refractivity contribution is 0.0766. The van der Waals surface area contributed by atoms with Crippen molar-refractivity contribution >= 4 is 0 Å². The average molecular weight is 197 g/mol. The van der Waals surface area contributed by atoms with Crippen molar-refractivity contribution in [1.29, 1.82) is 0 Å². The number of hydrogen-bond acceptors (Lipinski definition) is 3. The maximum Gasteiger partial charge on any atom is 0.0227 e. The minimum absolute atomic E-state index is 0.846. The SMILES string of the molecule is CN(C)CCN1C2CCC1CN(C)C2. The van der Waals surface area contributed by atoms with Crippen LogP contribution in [0.1, 0.15) is 12.8 Å². The molecule has 0 aromatic carbocycles. The molecule has 0 N–H and O–H groups in total. The van der Waals surface area contributed by atoms with Gasteiger partial charge < -0.3 is 9.80 Å². The summed E-state index contributed by atoms with van der Waals surface area (Å²) in [5.74, 6) is 0. The van der Waals surface area contributed by atoms with Crippen molar-refractivity contribution in [1.82, 2.24) is 14.7 Å². The minimum Gasteiger partial charge on any atom is -0.308 e. The number of hydrogen-bond donors (Lipinski definition) is 0. The quantitative estimate of drug-likeness (QED) is 0.645. The van der Waals surface area contributed by atoms with Gasteiger partial charge in [0.25, 0.3) is 0 Å². The fraction of sp³-hybridized carbons (Fsp3) is 1.00. The summed E-state index contributed by atoms with van der Waals surface area (Å²) in [4.78, 5) is 7.52. The van der Waals surface area contributed by atoms with Gasteiger partial charge >= 0.3 is 0 Å². The van der Waals surface area contributed by atoms with E-state index < -0.39 is 0 Å². The zero-order chi connectivity index (χ0) is 10.1. The summed E-state index contributed by atoms with van der Waals surface area (Å²) in [5, 5.41) is 0. The van der Waals surface area contributed by atoms with Crippen LogP contribution in [-0.4, -0.2) is 74.1 Å². The van der Waals surface area contributed by atoms with Crippen LogP contribution in [0.2, 0.25) is 0 Å². The monoisotopic (exact) mass is 197 g/mol. The van der Waals surface area contributed by atoms with Gasteiger partial charge in [0.1, 0.15) is 0 Å².